The fraction of sp³-hybridized carbons (Fsp3) is 0.364. The lowest BCUT2D eigenvalue weighted by Gasteiger charge is -2.29. The number of aromatic nitrogens is 2. The molecule has 164 valence electrons. The average Bonchev–Trinajstić information content (AvgIpc) is 3.28. The number of methoxy groups -OCH3 is 1. The predicted molar refractivity (Wildman–Crippen MR) is 114 cm³/mol. The third-order valence-corrected chi connectivity index (χ3v) is 7.30. The van der Waals surface area contributed by atoms with Crippen LogP contribution in [0, 0.1) is 6.92 Å². The fourth-order valence-electron chi connectivity index (χ4n) is 3.52. The van der Waals surface area contributed by atoms with Crippen LogP contribution in [0.1, 0.15) is 36.0 Å². The Morgan fingerprint density at radius 1 is 1.03 bits per heavy atom. The van der Waals surface area contributed by atoms with Crippen molar-refractivity contribution in [2.75, 3.05) is 20.2 Å². The maximum Gasteiger partial charge on any atom is 0.264 e. The first-order valence-electron chi connectivity index (χ1n) is 10.1. The van der Waals surface area contributed by atoms with E-state index in [1.54, 1.807) is 31.4 Å². The highest BCUT2D eigenvalue weighted by Gasteiger charge is 2.31. The molecule has 1 aliphatic rings. The third-order valence-electron chi connectivity index (χ3n) is 5.38. The monoisotopic (exact) mass is 443 g/mol. The van der Waals surface area contributed by atoms with E-state index in [2.05, 4.69) is 10.1 Å². The minimum atomic E-state index is -3.54. The molecule has 0 unspecified atom stereocenters. The van der Waals surface area contributed by atoms with Crippen LogP contribution in [0.4, 0.5) is 0 Å². The minimum absolute atomic E-state index is 0.0548. The van der Waals surface area contributed by atoms with Crippen LogP contribution in [0.2, 0.25) is 0 Å². The zero-order valence-electron chi connectivity index (χ0n) is 17.5. The Bertz CT molecular complexity index is 1100. The van der Waals surface area contributed by atoms with Crippen LogP contribution < -0.4 is 9.47 Å². The number of aryl methyl sites for hydroxylation is 1. The Morgan fingerprint density at radius 3 is 2.32 bits per heavy atom. The molecule has 1 saturated heterocycles. The Balaban J connectivity index is 1.33. The van der Waals surface area contributed by atoms with Crippen LogP contribution in [0.3, 0.4) is 0 Å². The van der Waals surface area contributed by atoms with Gasteiger partial charge in [-0.1, -0.05) is 22.9 Å². The van der Waals surface area contributed by atoms with E-state index in [0.29, 0.717) is 43.4 Å². The fourth-order valence-corrected chi connectivity index (χ4v) is 4.99. The van der Waals surface area contributed by atoms with Gasteiger partial charge in [-0.2, -0.15) is 9.29 Å². The molecule has 31 heavy (non-hydrogen) atoms. The lowest BCUT2D eigenvalue weighted by molar-refractivity contribution is 0.241. The molecular weight excluding hydrogens is 418 g/mol. The second kappa shape index (κ2) is 9.07. The highest BCUT2D eigenvalue weighted by atomic mass is 32.2. The first-order valence-corrected chi connectivity index (χ1v) is 11.6. The van der Waals surface area contributed by atoms with Crippen molar-refractivity contribution in [1.29, 1.82) is 0 Å². The van der Waals surface area contributed by atoms with Gasteiger partial charge in [-0.15, -0.1) is 0 Å². The molecule has 0 aliphatic carbocycles. The predicted octanol–water partition coefficient (Wildman–Crippen LogP) is 3.53. The summed E-state index contributed by atoms with van der Waals surface area (Å²) >= 11 is 0. The molecule has 0 spiro atoms. The van der Waals surface area contributed by atoms with Crippen molar-refractivity contribution in [2.24, 2.45) is 0 Å². The van der Waals surface area contributed by atoms with E-state index in [4.69, 9.17) is 14.0 Å². The van der Waals surface area contributed by atoms with Gasteiger partial charge in [0.1, 0.15) is 11.5 Å². The van der Waals surface area contributed by atoms with E-state index >= 15 is 0 Å². The molecule has 1 fully saturated rings. The zero-order valence-corrected chi connectivity index (χ0v) is 18.3. The number of sulfonamides is 1. The van der Waals surface area contributed by atoms with Gasteiger partial charge in [0, 0.05) is 19.0 Å². The molecule has 0 amide bonds. The standard InChI is InChI=1S/C22H25N3O5S/c1-16-3-5-19(6-4-16)29-15-21-23-22(24-30-21)17-11-13-25(14-12-17)31(26,27)20-9-7-18(28-2)8-10-20/h3-10,17H,11-15H2,1-2H3. The largest absolute Gasteiger partial charge is 0.497 e. The lowest BCUT2D eigenvalue weighted by atomic mass is 9.98. The van der Waals surface area contributed by atoms with Crippen LogP contribution in [0.15, 0.2) is 57.9 Å². The van der Waals surface area contributed by atoms with E-state index in [0.717, 1.165) is 11.3 Å². The van der Waals surface area contributed by atoms with Gasteiger partial charge in [-0.3, -0.25) is 0 Å². The van der Waals surface area contributed by atoms with Crippen molar-refractivity contribution < 1.29 is 22.4 Å². The Labute approximate surface area is 181 Å². The molecule has 9 heteroatoms. The summed E-state index contributed by atoms with van der Waals surface area (Å²) in [7, 11) is -1.99. The lowest BCUT2D eigenvalue weighted by Crippen LogP contribution is -2.38. The molecule has 0 atom stereocenters. The van der Waals surface area contributed by atoms with Gasteiger partial charge >= 0.3 is 0 Å². The topological polar surface area (TPSA) is 94.8 Å². The van der Waals surface area contributed by atoms with Gasteiger partial charge in [0.25, 0.3) is 5.89 Å². The Kier molecular flexibility index (Phi) is 6.24. The van der Waals surface area contributed by atoms with Gasteiger partial charge in [0.05, 0.1) is 12.0 Å². The second-order valence-electron chi connectivity index (χ2n) is 7.50. The van der Waals surface area contributed by atoms with Crippen molar-refractivity contribution in [1.82, 2.24) is 14.4 Å². The van der Waals surface area contributed by atoms with Crippen LogP contribution in [0.5, 0.6) is 11.5 Å². The number of ether oxygens (including phenoxy) is 2. The minimum Gasteiger partial charge on any atom is -0.497 e. The molecular formula is C22H25N3O5S. The van der Waals surface area contributed by atoms with Crippen LogP contribution >= 0.6 is 0 Å². The number of hydrogen-bond acceptors (Lipinski definition) is 7. The number of benzene rings is 2. The van der Waals surface area contributed by atoms with Crippen molar-refractivity contribution in [2.45, 2.75) is 37.2 Å². The van der Waals surface area contributed by atoms with E-state index in [1.807, 2.05) is 31.2 Å². The van der Waals surface area contributed by atoms with Crippen molar-refractivity contribution in [3.8, 4) is 11.5 Å². The average molecular weight is 444 g/mol. The summed E-state index contributed by atoms with van der Waals surface area (Å²) in [6.07, 6.45) is 1.26. The SMILES string of the molecule is COc1ccc(S(=O)(=O)N2CCC(c3noc(COc4ccc(C)cc4)n3)CC2)cc1. The molecule has 0 saturated carbocycles. The molecule has 2 heterocycles. The zero-order chi connectivity index (χ0) is 21.8. The van der Waals surface area contributed by atoms with Crippen molar-refractivity contribution in [3.05, 3.63) is 65.8 Å². The number of nitrogens with zero attached hydrogens (tertiary/aromatic N) is 3. The molecule has 4 rings (SSSR count). The summed E-state index contributed by atoms with van der Waals surface area (Å²) in [4.78, 5) is 4.71. The number of hydrogen-bond donors (Lipinski definition) is 0. The summed E-state index contributed by atoms with van der Waals surface area (Å²) in [6, 6.07) is 14.2. The van der Waals surface area contributed by atoms with Crippen LogP contribution in [0.25, 0.3) is 0 Å². The highest BCUT2D eigenvalue weighted by molar-refractivity contribution is 7.89. The van der Waals surface area contributed by atoms with E-state index in [1.165, 1.54) is 4.31 Å². The summed E-state index contributed by atoms with van der Waals surface area (Å²) < 4.78 is 43.4. The normalized spacial score (nSPS) is 15.7. The van der Waals surface area contributed by atoms with Gasteiger partial charge in [0.15, 0.2) is 12.4 Å². The maximum absolute atomic E-state index is 12.9. The summed E-state index contributed by atoms with van der Waals surface area (Å²) in [5.74, 6) is 2.42. The maximum atomic E-state index is 12.9. The highest BCUT2D eigenvalue weighted by Crippen LogP contribution is 2.30. The van der Waals surface area contributed by atoms with E-state index < -0.39 is 10.0 Å². The quantitative estimate of drug-likeness (QED) is 0.551. The summed E-state index contributed by atoms with van der Waals surface area (Å²) in [5.41, 5.74) is 1.16. The van der Waals surface area contributed by atoms with Gasteiger partial charge < -0.3 is 14.0 Å². The molecule has 3 aromatic rings. The molecule has 0 N–H and O–H groups in total. The van der Waals surface area contributed by atoms with Crippen molar-refractivity contribution >= 4 is 10.0 Å². The van der Waals surface area contributed by atoms with Crippen LogP contribution in [-0.2, 0) is 16.6 Å². The third kappa shape index (κ3) is 4.88. The molecule has 0 bridgehead atoms. The number of piperidine rings is 1. The van der Waals surface area contributed by atoms with E-state index in [9.17, 15) is 8.42 Å². The van der Waals surface area contributed by atoms with E-state index in [-0.39, 0.29) is 17.4 Å². The Hall–Kier alpha value is -2.91. The van der Waals surface area contributed by atoms with Gasteiger partial charge in [-0.25, -0.2) is 8.42 Å². The van der Waals surface area contributed by atoms with Crippen molar-refractivity contribution in [3.63, 3.8) is 0 Å². The second-order valence-corrected chi connectivity index (χ2v) is 9.44. The Morgan fingerprint density at radius 2 is 1.68 bits per heavy atom. The first kappa shape index (κ1) is 21.3. The summed E-state index contributed by atoms with van der Waals surface area (Å²) in [6.45, 7) is 3.02. The number of rotatable bonds is 7. The molecule has 1 aliphatic heterocycles. The van der Waals surface area contributed by atoms with Gasteiger partial charge in [0.2, 0.25) is 10.0 Å². The van der Waals surface area contributed by atoms with Crippen LogP contribution in [-0.4, -0.2) is 43.1 Å². The molecule has 1 aromatic heterocycles. The van der Waals surface area contributed by atoms with Gasteiger partial charge in [-0.05, 0) is 56.2 Å². The summed E-state index contributed by atoms with van der Waals surface area (Å²) in [5, 5.41) is 4.08. The molecule has 0 radical (unpaired) electrons. The molecule has 8 nitrogen and oxygen atoms in total. The smallest absolute Gasteiger partial charge is 0.264 e. The molecule has 2 aromatic carbocycles. The first-order chi connectivity index (χ1) is 15.0.